The number of hydrogen-bond acceptors (Lipinski definition) is 5. The van der Waals surface area contributed by atoms with Crippen LogP contribution >= 0.6 is 0 Å². The summed E-state index contributed by atoms with van der Waals surface area (Å²) < 4.78 is 5.78. The van der Waals surface area contributed by atoms with Crippen LogP contribution in [0.3, 0.4) is 0 Å². The summed E-state index contributed by atoms with van der Waals surface area (Å²) in [6.45, 7) is 0. The molecule has 0 unspecified atom stereocenters. The molecule has 0 atom stereocenters. The second-order valence-electron chi connectivity index (χ2n) is 8.49. The van der Waals surface area contributed by atoms with Crippen molar-refractivity contribution in [1.82, 2.24) is 10.7 Å². The van der Waals surface area contributed by atoms with E-state index >= 15 is 0 Å². The van der Waals surface area contributed by atoms with Gasteiger partial charge in [-0.2, -0.15) is 5.10 Å². The lowest BCUT2D eigenvalue weighted by Gasteiger charge is -2.23. The van der Waals surface area contributed by atoms with Crippen molar-refractivity contribution in [2.24, 2.45) is 5.10 Å². The number of nitrogens with zero attached hydrogens (tertiary/aromatic N) is 1. The molecule has 3 aromatic rings. The molecule has 3 N–H and O–H groups in total. The van der Waals surface area contributed by atoms with Crippen molar-refractivity contribution in [3.63, 3.8) is 0 Å². The standard InChI is InChI=1S/C28H28N4O4/c33-26(30-21-11-3-1-4-12-21)24-16-7-8-17-25(24)31-27(34)28(35)32-29-19-20-10-9-15-23(18-20)36-22-13-5-2-6-14-22/h2,5-10,13-19,21H,1,3-4,11-12H2,(H,30,33)(H,31,34)(H,32,35)/b29-19+. The third-order valence-electron chi connectivity index (χ3n) is 5.78. The van der Waals surface area contributed by atoms with E-state index in [-0.39, 0.29) is 17.6 Å². The predicted octanol–water partition coefficient (Wildman–Crippen LogP) is 4.63. The highest BCUT2D eigenvalue weighted by molar-refractivity contribution is 6.40. The Morgan fingerprint density at radius 3 is 2.33 bits per heavy atom. The van der Waals surface area contributed by atoms with Crippen molar-refractivity contribution < 1.29 is 19.1 Å². The average molecular weight is 485 g/mol. The fourth-order valence-electron chi connectivity index (χ4n) is 3.98. The number of carbonyl (C=O) groups excluding carboxylic acids is 3. The number of carbonyl (C=O) groups is 3. The van der Waals surface area contributed by atoms with Crippen molar-refractivity contribution in [3.05, 3.63) is 90.0 Å². The number of ether oxygens (including phenoxy) is 1. The normalized spacial score (nSPS) is 13.7. The minimum absolute atomic E-state index is 0.129. The second kappa shape index (κ2) is 12.3. The molecular formula is C28H28N4O4. The largest absolute Gasteiger partial charge is 0.457 e. The molecule has 3 amide bonds. The Hall–Kier alpha value is -4.46. The third kappa shape index (κ3) is 7.02. The Bertz CT molecular complexity index is 1240. The van der Waals surface area contributed by atoms with Crippen LogP contribution in [0, 0.1) is 0 Å². The molecule has 0 saturated heterocycles. The minimum Gasteiger partial charge on any atom is -0.457 e. The first-order chi connectivity index (χ1) is 17.6. The van der Waals surface area contributed by atoms with E-state index < -0.39 is 11.8 Å². The number of hydrogen-bond donors (Lipinski definition) is 3. The first kappa shape index (κ1) is 24.7. The number of amides is 3. The van der Waals surface area contributed by atoms with Crippen LogP contribution in [0.1, 0.15) is 48.0 Å². The van der Waals surface area contributed by atoms with Gasteiger partial charge in [-0.1, -0.05) is 61.7 Å². The summed E-state index contributed by atoms with van der Waals surface area (Å²) in [5.41, 5.74) is 3.46. The molecule has 0 aromatic heterocycles. The molecule has 4 rings (SSSR count). The van der Waals surface area contributed by atoms with Gasteiger partial charge in [-0.3, -0.25) is 14.4 Å². The molecule has 0 aliphatic heterocycles. The van der Waals surface area contributed by atoms with E-state index in [2.05, 4.69) is 21.2 Å². The number of nitrogens with one attached hydrogen (secondary N) is 3. The van der Waals surface area contributed by atoms with Gasteiger partial charge in [0.1, 0.15) is 11.5 Å². The highest BCUT2D eigenvalue weighted by atomic mass is 16.5. The Kier molecular flexibility index (Phi) is 8.43. The number of rotatable bonds is 7. The molecule has 0 spiro atoms. The zero-order chi connectivity index (χ0) is 25.2. The first-order valence-electron chi connectivity index (χ1n) is 12.0. The van der Waals surface area contributed by atoms with E-state index in [0.717, 1.165) is 25.7 Å². The molecule has 36 heavy (non-hydrogen) atoms. The van der Waals surface area contributed by atoms with E-state index in [4.69, 9.17) is 4.74 Å². The van der Waals surface area contributed by atoms with Gasteiger partial charge in [-0.15, -0.1) is 0 Å². The molecule has 1 saturated carbocycles. The lowest BCUT2D eigenvalue weighted by atomic mass is 9.95. The van der Waals surface area contributed by atoms with Crippen molar-refractivity contribution in [2.75, 3.05) is 5.32 Å². The van der Waals surface area contributed by atoms with Gasteiger partial charge >= 0.3 is 11.8 Å². The minimum atomic E-state index is -0.953. The molecule has 3 aromatic carbocycles. The van der Waals surface area contributed by atoms with Crippen LogP contribution < -0.4 is 20.8 Å². The molecule has 184 valence electrons. The summed E-state index contributed by atoms with van der Waals surface area (Å²) in [6, 6.07) is 23.2. The molecule has 1 fully saturated rings. The van der Waals surface area contributed by atoms with E-state index in [0.29, 0.717) is 22.6 Å². The topological polar surface area (TPSA) is 109 Å². The summed E-state index contributed by atoms with van der Waals surface area (Å²) in [7, 11) is 0. The Balaban J connectivity index is 1.32. The van der Waals surface area contributed by atoms with Crippen molar-refractivity contribution in [2.45, 2.75) is 38.1 Å². The monoisotopic (exact) mass is 484 g/mol. The molecule has 1 aliphatic rings. The van der Waals surface area contributed by atoms with Gasteiger partial charge in [-0.05, 0) is 54.8 Å². The SMILES string of the molecule is O=C(N/N=C/c1cccc(Oc2ccccc2)c1)C(=O)Nc1ccccc1C(=O)NC1CCCCC1. The zero-order valence-electron chi connectivity index (χ0n) is 19.8. The van der Waals surface area contributed by atoms with Crippen LogP contribution in [0.5, 0.6) is 11.5 Å². The quantitative estimate of drug-likeness (QED) is 0.258. The van der Waals surface area contributed by atoms with E-state index in [1.54, 1.807) is 48.5 Å². The van der Waals surface area contributed by atoms with Crippen LogP contribution in [0.2, 0.25) is 0 Å². The van der Waals surface area contributed by atoms with E-state index in [9.17, 15) is 14.4 Å². The molecule has 8 heteroatoms. The van der Waals surface area contributed by atoms with Crippen molar-refractivity contribution >= 4 is 29.6 Å². The van der Waals surface area contributed by atoms with E-state index in [1.165, 1.54) is 12.6 Å². The smallest absolute Gasteiger partial charge is 0.329 e. The van der Waals surface area contributed by atoms with Gasteiger partial charge in [0.2, 0.25) is 0 Å². The van der Waals surface area contributed by atoms with Gasteiger partial charge in [0.25, 0.3) is 5.91 Å². The summed E-state index contributed by atoms with van der Waals surface area (Å²) in [5, 5.41) is 9.40. The van der Waals surface area contributed by atoms with Gasteiger partial charge in [0.15, 0.2) is 0 Å². The van der Waals surface area contributed by atoms with Gasteiger partial charge in [0.05, 0.1) is 17.5 Å². The Morgan fingerprint density at radius 1 is 0.806 bits per heavy atom. The zero-order valence-corrected chi connectivity index (χ0v) is 19.8. The fraction of sp³-hybridized carbons (Fsp3) is 0.214. The molecule has 0 heterocycles. The molecule has 8 nitrogen and oxygen atoms in total. The molecular weight excluding hydrogens is 456 g/mol. The number of anilines is 1. The maximum atomic E-state index is 12.8. The van der Waals surface area contributed by atoms with E-state index in [1.807, 2.05) is 30.3 Å². The number of benzene rings is 3. The van der Waals surface area contributed by atoms with Crippen LogP contribution in [0.4, 0.5) is 5.69 Å². The fourth-order valence-corrected chi connectivity index (χ4v) is 3.98. The van der Waals surface area contributed by atoms with Crippen LogP contribution in [0.15, 0.2) is 84.0 Å². The number of hydrazone groups is 1. The Labute approximate surface area is 209 Å². The van der Waals surface area contributed by atoms with Crippen LogP contribution in [-0.4, -0.2) is 30.0 Å². The molecule has 0 radical (unpaired) electrons. The molecule has 0 bridgehead atoms. The third-order valence-corrected chi connectivity index (χ3v) is 5.78. The second-order valence-corrected chi connectivity index (χ2v) is 8.49. The Morgan fingerprint density at radius 2 is 1.53 bits per heavy atom. The highest BCUT2D eigenvalue weighted by Crippen LogP contribution is 2.22. The van der Waals surface area contributed by atoms with Gasteiger partial charge < -0.3 is 15.4 Å². The number of para-hydroxylation sites is 2. The van der Waals surface area contributed by atoms with Crippen molar-refractivity contribution in [1.29, 1.82) is 0 Å². The summed E-state index contributed by atoms with van der Waals surface area (Å²) in [4.78, 5) is 37.5. The molecule has 1 aliphatic carbocycles. The average Bonchev–Trinajstić information content (AvgIpc) is 2.90. The van der Waals surface area contributed by atoms with Gasteiger partial charge in [0, 0.05) is 6.04 Å². The summed E-state index contributed by atoms with van der Waals surface area (Å²) in [5.74, 6) is -0.841. The van der Waals surface area contributed by atoms with Crippen LogP contribution in [-0.2, 0) is 9.59 Å². The van der Waals surface area contributed by atoms with Crippen molar-refractivity contribution in [3.8, 4) is 11.5 Å². The lowest BCUT2D eigenvalue weighted by Crippen LogP contribution is -2.37. The lowest BCUT2D eigenvalue weighted by molar-refractivity contribution is -0.136. The first-order valence-corrected chi connectivity index (χ1v) is 12.0. The maximum Gasteiger partial charge on any atom is 0.329 e. The van der Waals surface area contributed by atoms with Crippen LogP contribution in [0.25, 0.3) is 0 Å². The highest BCUT2D eigenvalue weighted by Gasteiger charge is 2.20. The van der Waals surface area contributed by atoms with Gasteiger partial charge in [-0.25, -0.2) is 5.43 Å². The summed E-state index contributed by atoms with van der Waals surface area (Å²) >= 11 is 0. The summed E-state index contributed by atoms with van der Waals surface area (Å²) in [6.07, 6.45) is 6.67. The predicted molar refractivity (Wildman–Crippen MR) is 138 cm³/mol. The maximum absolute atomic E-state index is 12.8.